The van der Waals surface area contributed by atoms with Crippen LogP contribution in [0.5, 0.6) is 0 Å². The van der Waals surface area contributed by atoms with Gasteiger partial charge in [0.25, 0.3) is 0 Å². The number of rotatable bonds is 3. The first-order valence-corrected chi connectivity index (χ1v) is 11.0. The number of hydrogen-bond acceptors (Lipinski definition) is 1. The van der Waals surface area contributed by atoms with E-state index in [9.17, 15) is 5.26 Å². The van der Waals surface area contributed by atoms with Gasteiger partial charge in [0, 0.05) is 16.3 Å². The summed E-state index contributed by atoms with van der Waals surface area (Å²) in [6, 6.07) is 44.2. The minimum Gasteiger partial charge on any atom is -0.308 e. The Labute approximate surface area is 192 Å². The Balaban J connectivity index is 1.77. The van der Waals surface area contributed by atoms with Gasteiger partial charge in [0.2, 0.25) is 0 Å². The molecule has 0 bridgehead atoms. The van der Waals surface area contributed by atoms with E-state index in [2.05, 4.69) is 108 Å². The van der Waals surface area contributed by atoms with Crippen molar-refractivity contribution in [3.63, 3.8) is 0 Å². The van der Waals surface area contributed by atoms with Gasteiger partial charge in [-0.15, -0.1) is 0 Å². The van der Waals surface area contributed by atoms with Gasteiger partial charge in [0.05, 0.1) is 22.3 Å². The van der Waals surface area contributed by atoms with Crippen LogP contribution in [0.3, 0.4) is 0 Å². The van der Waals surface area contributed by atoms with Gasteiger partial charge in [-0.05, 0) is 41.0 Å². The molecule has 6 aromatic rings. The minimum atomic E-state index is 0.674. The molecule has 1 heterocycles. The second-order valence-corrected chi connectivity index (χ2v) is 8.13. The lowest BCUT2D eigenvalue weighted by molar-refractivity contribution is 1.17. The molecule has 0 spiro atoms. The highest BCUT2D eigenvalue weighted by Gasteiger charge is 2.19. The molecule has 0 atom stereocenters. The highest BCUT2D eigenvalue weighted by molar-refractivity contribution is 6.09. The fourth-order valence-corrected chi connectivity index (χ4v) is 4.75. The third-order valence-corrected chi connectivity index (χ3v) is 6.24. The zero-order valence-corrected chi connectivity index (χ0v) is 17.9. The molecule has 0 aliphatic rings. The van der Waals surface area contributed by atoms with Crippen molar-refractivity contribution in [3.05, 3.63) is 127 Å². The van der Waals surface area contributed by atoms with Crippen molar-refractivity contribution in [1.29, 1.82) is 5.26 Å². The van der Waals surface area contributed by atoms with Gasteiger partial charge in [0.1, 0.15) is 6.07 Å². The zero-order chi connectivity index (χ0) is 22.2. The van der Waals surface area contributed by atoms with Crippen molar-refractivity contribution in [2.24, 2.45) is 0 Å². The maximum absolute atomic E-state index is 10.4. The molecule has 2 nitrogen and oxygen atoms in total. The van der Waals surface area contributed by atoms with Crippen LogP contribution >= 0.6 is 0 Å². The standard InChI is InChI=1S/C31H20N2/c32-21-28-27(23-13-5-2-6-14-23)19-24(22-11-3-1-4-12-22)20-31(28)33-29-17-9-7-15-25(29)26-16-8-10-18-30(26)33/h1-20H. The Morgan fingerprint density at radius 1 is 0.515 bits per heavy atom. The average molecular weight is 421 g/mol. The summed E-state index contributed by atoms with van der Waals surface area (Å²) in [6.45, 7) is 0. The largest absolute Gasteiger partial charge is 0.308 e. The molecule has 33 heavy (non-hydrogen) atoms. The van der Waals surface area contributed by atoms with Crippen molar-refractivity contribution in [2.45, 2.75) is 0 Å². The molecule has 0 N–H and O–H groups in total. The third-order valence-electron chi connectivity index (χ3n) is 6.24. The topological polar surface area (TPSA) is 28.7 Å². The molecular weight excluding hydrogens is 400 g/mol. The van der Waals surface area contributed by atoms with Crippen molar-refractivity contribution in [2.75, 3.05) is 0 Å². The van der Waals surface area contributed by atoms with Crippen molar-refractivity contribution in [3.8, 4) is 34.0 Å². The van der Waals surface area contributed by atoms with Crippen LogP contribution in [0.1, 0.15) is 5.56 Å². The molecule has 1 aromatic heterocycles. The first-order chi connectivity index (χ1) is 16.3. The van der Waals surface area contributed by atoms with E-state index in [1.807, 2.05) is 24.3 Å². The molecule has 0 saturated carbocycles. The van der Waals surface area contributed by atoms with Crippen molar-refractivity contribution in [1.82, 2.24) is 4.57 Å². The lowest BCUT2D eigenvalue weighted by Gasteiger charge is -2.16. The molecule has 0 aliphatic carbocycles. The molecule has 2 heteroatoms. The summed E-state index contributed by atoms with van der Waals surface area (Å²) in [6.07, 6.45) is 0. The Morgan fingerprint density at radius 2 is 1.03 bits per heavy atom. The predicted molar refractivity (Wildman–Crippen MR) is 136 cm³/mol. The lowest BCUT2D eigenvalue weighted by Crippen LogP contribution is -2.01. The van der Waals surface area contributed by atoms with Crippen molar-refractivity contribution < 1.29 is 0 Å². The summed E-state index contributed by atoms with van der Waals surface area (Å²) in [4.78, 5) is 0. The van der Waals surface area contributed by atoms with E-state index in [0.717, 1.165) is 39.0 Å². The maximum Gasteiger partial charge on any atom is 0.102 e. The summed E-state index contributed by atoms with van der Waals surface area (Å²) in [5.41, 5.74) is 7.96. The molecule has 0 fully saturated rings. The number of benzene rings is 5. The van der Waals surface area contributed by atoms with E-state index in [1.54, 1.807) is 0 Å². The van der Waals surface area contributed by atoms with Crippen LogP contribution in [0.4, 0.5) is 0 Å². The van der Waals surface area contributed by atoms with Crippen LogP contribution in [0.15, 0.2) is 121 Å². The first-order valence-electron chi connectivity index (χ1n) is 11.0. The van der Waals surface area contributed by atoms with Gasteiger partial charge in [0.15, 0.2) is 0 Å². The molecule has 0 aliphatic heterocycles. The highest BCUT2D eigenvalue weighted by Crippen LogP contribution is 2.38. The van der Waals surface area contributed by atoms with Crippen molar-refractivity contribution >= 4 is 21.8 Å². The van der Waals surface area contributed by atoms with Gasteiger partial charge in [-0.2, -0.15) is 5.26 Å². The Kier molecular flexibility index (Phi) is 4.53. The quantitative estimate of drug-likeness (QED) is 0.285. The molecule has 154 valence electrons. The summed E-state index contributed by atoms with van der Waals surface area (Å²) in [5, 5.41) is 12.8. The van der Waals surface area contributed by atoms with Crippen LogP contribution < -0.4 is 0 Å². The fourth-order valence-electron chi connectivity index (χ4n) is 4.75. The minimum absolute atomic E-state index is 0.674. The van der Waals surface area contributed by atoms with Crippen LogP contribution in [-0.2, 0) is 0 Å². The average Bonchev–Trinajstić information content (AvgIpc) is 3.23. The molecule has 6 rings (SSSR count). The van der Waals surface area contributed by atoms with E-state index >= 15 is 0 Å². The first kappa shape index (κ1) is 19.1. The number of hydrogen-bond donors (Lipinski definition) is 0. The number of nitriles is 1. The van der Waals surface area contributed by atoms with E-state index in [-0.39, 0.29) is 0 Å². The van der Waals surface area contributed by atoms with Crippen LogP contribution in [0, 0.1) is 11.3 Å². The second-order valence-electron chi connectivity index (χ2n) is 8.13. The van der Waals surface area contributed by atoms with Crippen LogP contribution in [0.25, 0.3) is 49.7 Å². The normalized spacial score (nSPS) is 11.0. The van der Waals surface area contributed by atoms with Gasteiger partial charge in [-0.3, -0.25) is 0 Å². The fraction of sp³-hybridized carbons (Fsp3) is 0. The monoisotopic (exact) mass is 420 g/mol. The van der Waals surface area contributed by atoms with E-state index in [1.165, 1.54) is 10.8 Å². The van der Waals surface area contributed by atoms with E-state index < -0.39 is 0 Å². The molecule has 0 radical (unpaired) electrons. The number of fused-ring (bicyclic) bond motifs is 3. The summed E-state index contributed by atoms with van der Waals surface area (Å²) < 4.78 is 2.24. The summed E-state index contributed by atoms with van der Waals surface area (Å²) in [5.74, 6) is 0. The zero-order valence-electron chi connectivity index (χ0n) is 17.9. The summed E-state index contributed by atoms with van der Waals surface area (Å²) >= 11 is 0. The molecule has 0 saturated heterocycles. The SMILES string of the molecule is N#Cc1c(-c2ccccc2)cc(-c2ccccc2)cc1-n1c2ccccc2c2ccccc21. The molecule has 0 amide bonds. The molecule has 0 unspecified atom stereocenters. The van der Waals surface area contributed by atoms with E-state index in [0.29, 0.717) is 5.56 Å². The molecular formula is C31H20N2. The smallest absolute Gasteiger partial charge is 0.102 e. The number of aromatic nitrogens is 1. The molecule has 5 aromatic carbocycles. The second kappa shape index (κ2) is 7.82. The highest BCUT2D eigenvalue weighted by atomic mass is 15.0. The third kappa shape index (κ3) is 3.11. The van der Waals surface area contributed by atoms with Crippen LogP contribution in [0.2, 0.25) is 0 Å². The number of para-hydroxylation sites is 2. The maximum atomic E-state index is 10.4. The lowest BCUT2D eigenvalue weighted by atomic mass is 9.93. The van der Waals surface area contributed by atoms with Gasteiger partial charge < -0.3 is 4.57 Å². The summed E-state index contributed by atoms with van der Waals surface area (Å²) in [7, 11) is 0. The van der Waals surface area contributed by atoms with Gasteiger partial charge in [-0.25, -0.2) is 0 Å². The van der Waals surface area contributed by atoms with Crippen LogP contribution in [-0.4, -0.2) is 4.57 Å². The van der Waals surface area contributed by atoms with E-state index in [4.69, 9.17) is 0 Å². The Morgan fingerprint density at radius 3 is 1.61 bits per heavy atom. The van der Waals surface area contributed by atoms with Gasteiger partial charge >= 0.3 is 0 Å². The Bertz CT molecular complexity index is 1600. The predicted octanol–water partition coefficient (Wildman–Crippen LogP) is 7.99. The van der Waals surface area contributed by atoms with Gasteiger partial charge in [-0.1, -0.05) is 97.1 Å². The Hall–Kier alpha value is -4.61. The number of nitrogens with zero attached hydrogens (tertiary/aromatic N) is 2.